The van der Waals surface area contributed by atoms with Crippen LogP contribution in [0, 0.1) is 13.8 Å². The van der Waals surface area contributed by atoms with Crippen LogP contribution in [-0.2, 0) is 20.2 Å². The van der Waals surface area contributed by atoms with Crippen LogP contribution in [0.5, 0.6) is 0 Å². The second kappa shape index (κ2) is 9.43. The molecule has 0 aromatic heterocycles. The lowest BCUT2D eigenvalue weighted by Crippen LogP contribution is -2.50. The Morgan fingerprint density at radius 3 is 2.13 bits per heavy atom. The van der Waals surface area contributed by atoms with E-state index in [1.807, 2.05) is 58.0 Å². The molecule has 0 fully saturated rings. The summed E-state index contributed by atoms with van der Waals surface area (Å²) in [6, 6.07) is 12.8. The van der Waals surface area contributed by atoms with Crippen LogP contribution in [0.25, 0.3) is 0 Å². The van der Waals surface area contributed by atoms with E-state index in [1.165, 1.54) is 9.87 Å². The Hall–Kier alpha value is -2.34. The predicted octanol–water partition coefficient (Wildman–Crippen LogP) is 5.02. The summed E-state index contributed by atoms with van der Waals surface area (Å²) in [5.41, 5.74) is 4.56. The monoisotopic (exact) mass is 444 g/mol. The zero-order valence-corrected chi connectivity index (χ0v) is 20.8. The zero-order chi connectivity index (χ0) is 23.6. The average molecular weight is 445 g/mol. The molecular formula is C25H36N2O3S. The third-order valence-electron chi connectivity index (χ3n) is 5.57. The van der Waals surface area contributed by atoms with Gasteiger partial charge in [-0.25, -0.2) is 8.42 Å². The van der Waals surface area contributed by atoms with Crippen LogP contribution >= 0.6 is 0 Å². The fourth-order valence-electron chi connectivity index (χ4n) is 3.66. The summed E-state index contributed by atoms with van der Waals surface area (Å²) in [6.07, 6.45) is 1.52. The highest BCUT2D eigenvalue weighted by atomic mass is 32.2. The van der Waals surface area contributed by atoms with Crippen molar-refractivity contribution in [3.05, 3.63) is 64.7 Å². The van der Waals surface area contributed by atoms with Gasteiger partial charge in [0.25, 0.3) is 0 Å². The number of amides is 1. The van der Waals surface area contributed by atoms with Gasteiger partial charge in [0, 0.05) is 0 Å². The van der Waals surface area contributed by atoms with Crippen LogP contribution < -0.4 is 9.62 Å². The molecular weight excluding hydrogens is 408 g/mol. The van der Waals surface area contributed by atoms with Crippen LogP contribution in [0.4, 0.5) is 5.69 Å². The number of carbonyl (C=O) groups excluding carboxylic acids is 1. The number of nitrogens with one attached hydrogen (secondary N) is 1. The van der Waals surface area contributed by atoms with E-state index in [1.54, 1.807) is 0 Å². The number of hydrogen-bond acceptors (Lipinski definition) is 3. The number of benzene rings is 2. The van der Waals surface area contributed by atoms with Gasteiger partial charge >= 0.3 is 0 Å². The Labute approximate surface area is 187 Å². The van der Waals surface area contributed by atoms with E-state index in [2.05, 4.69) is 38.2 Å². The third kappa shape index (κ3) is 6.10. The summed E-state index contributed by atoms with van der Waals surface area (Å²) in [6.45, 7) is 14.0. The fourth-order valence-corrected chi connectivity index (χ4v) is 4.92. The second-order valence-electron chi connectivity index (χ2n) is 9.38. The minimum Gasteiger partial charge on any atom is -0.348 e. The zero-order valence-electron chi connectivity index (χ0n) is 20.0. The molecule has 0 aliphatic heterocycles. The molecule has 2 aromatic carbocycles. The standard InChI is InChI=1S/C25H36N2O3S/c1-9-22(27(31(8,29)30)23-16-17(2)10-11-18(23)3)24(28)26-19(4)20-12-14-21(15-13-20)25(5,6)7/h10-16,19,22H,9H2,1-8H3,(H,26,28)/t19-,22-/m0/s1. The molecule has 6 heteroatoms. The highest BCUT2D eigenvalue weighted by Crippen LogP contribution is 2.28. The van der Waals surface area contributed by atoms with Crippen molar-refractivity contribution in [2.75, 3.05) is 10.6 Å². The molecule has 1 amide bonds. The maximum atomic E-state index is 13.2. The highest BCUT2D eigenvalue weighted by Gasteiger charge is 2.33. The largest absolute Gasteiger partial charge is 0.348 e. The van der Waals surface area contributed by atoms with E-state index in [4.69, 9.17) is 0 Å². The van der Waals surface area contributed by atoms with E-state index in [0.29, 0.717) is 12.1 Å². The van der Waals surface area contributed by atoms with Crippen molar-refractivity contribution in [2.24, 2.45) is 0 Å². The number of sulfonamides is 1. The van der Waals surface area contributed by atoms with Crippen molar-refractivity contribution in [1.82, 2.24) is 5.32 Å². The van der Waals surface area contributed by atoms with Crippen LogP contribution in [-0.4, -0.2) is 26.6 Å². The van der Waals surface area contributed by atoms with Crippen LogP contribution in [0.1, 0.15) is 69.3 Å². The highest BCUT2D eigenvalue weighted by molar-refractivity contribution is 7.92. The quantitative estimate of drug-likeness (QED) is 0.652. The van der Waals surface area contributed by atoms with Gasteiger partial charge in [-0.05, 0) is 60.9 Å². The summed E-state index contributed by atoms with van der Waals surface area (Å²) in [4.78, 5) is 13.2. The first-order valence-corrected chi connectivity index (χ1v) is 12.6. The van der Waals surface area contributed by atoms with Gasteiger partial charge in [-0.3, -0.25) is 9.10 Å². The first kappa shape index (κ1) is 24.9. The second-order valence-corrected chi connectivity index (χ2v) is 11.2. The summed E-state index contributed by atoms with van der Waals surface area (Å²) < 4.78 is 26.7. The molecule has 0 bridgehead atoms. The molecule has 0 saturated heterocycles. The molecule has 0 heterocycles. The molecule has 5 nitrogen and oxygen atoms in total. The molecule has 0 saturated carbocycles. The molecule has 2 rings (SSSR count). The van der Waals surface area contributed by atoms with Crippen LogP contribution in [0.3, 0.4) is 0 Å². The molecule has 2 atom stereocenters. The Bertz CT molecular complexity index is 1020. The van der Waals surface area contributed by atoms with Gasteiger partial charge < -0.3 is 5.32 Å². The van der Waals surface area contributed by atoms with Gasteiger partial charge in [0.05, 0.1) is 18.0 Å². The molecule has 170 valence electrons. The van der Waals surface area contributed by atoms with Gasteiger partial charge in [0.15, 0.2) is 0 Å². The van der Waals surface area contributed by atoms with Crippen LogP contribution in [0.15, 0.2) is 42.5 Å². The number of hydrogen-bond donors (Lipinski definition) is 1. The van der Waals surface area contributed by atoms with Crippen molar-refractivity contribution >= 4 is 21.6 Å². The average Bonchev–Trinajstić information content (AvgIpc) is 2.66. The summed E-state index contributed by atoms with van der Waals surface area (Å²) in [5, 5.41) is 3.02. The minimum atomic E-state index is -3.66. The first-order valence-electron chi connectivity index (χ1n) is 10.7. The minimum absolute atomic E-state index is 0.0555. The van der Waals surface area contributed by atoms with Crippen molar-refractivity contribution in [3.63, 3.8) is 0 Å². The molecule has 0 aliphatic carbocycles. The van der Waals surface area contributed by atoms with Gasteiger partial charge in [0.1, 0.15) is 6.04 Å². The molecule has 0 unspecified atom stereocenters. The lowest BCUT2D eigenvalue weighted by molar-refractivity contribution is -0.122. The van der Waals surface area contributed by atoms with E-state index < -0.39 is 16.1 Å². The number of aryl methyl sites for hydroxylation is 2. The van der Waals surface area contributed by atoms with Gasteiger partial charge in [-0.15, -0.1) is 0 Å². The Kier molecular flexibility index (Phi) is 7.58. The van der Waals surface area contributed by atoms with E-state index >= 15 is 0 Å². The Morgan fingerprint density at radius 1 is 1.06 bits per heavy atom. The number of nitrogens with zero attached hydrogens (tertiary/aromatic N) is 1. The predicted molar refractivity (Wildman–Crippen MR) is 129 cm³/mol. The number of carbonyl (C=O) groups is 1. The van der Waals surface area contributed by atoms with Crippen molar-refractivity contribution in [3.8, 4) is 0 Å². The smallest absolute Gasteiger partial charge is 0.244 e. The third-order valence-corrected chi connectivity index (χ3v) is 6.73. The molecule has 0 spiro atoms. The lowest BCUT2D eigenvalue weighted by Gasteiger charge is -2.32. The summed E-state index contributed by atoms with van der Waals surface area (Å²) in [7, 11) is -3.66. The Balaban J connectivity index is 2.32. The molecule has 0 aliphatic rings. The molecule has 2 aromatic rings. The Morgan fingerprint density at radius 2 is 1.65 bits per heavy atom. The molecule has 31 heavy (non-hydrogen) atoms. The van der Waals surface area contributed by atoms with Crippen molar-refractivity contribution in [2.45, 2.75) is 72.4 Å². The normalized spacial score (nSPS) is 14.1. The lowest BCUT2D eigenvalue weighted by atomic mass is 9.86. The fraction of sp³-hybridized carbons (Fsp3) is 0.480. The van der Waals surface area contributed by atoms with Gasteiger partial charge in [-0.1, -0.05) is 64.1 Å². The maximum Gasteiger partial charge on any atom is 0.244 e. The van der Waals surface area contributed by atoms with E-state index in [0.717, 1.165) is 22.9 Å². The molecule has 1 N–H and O–H groups in total. The van der Waals surface area contributed by atoms with E-state index in [-0.39, 0.29) is 17.4 Å². The summed E-state index contributed by atoms with van der Waals surface area (Å²) >= 11 is 0. The SMILES string of the molecule is CC[C@@H](C(=O)N[C@@H](C)c1ccc(C(C)(C)C)cc1)N(c1cc(C)ccc1C)S(C)(=O)=O. The summed E-state index contributed by atoms with van der Waals surface area (Å²) in [5.74, 6) is -0.304. The topological polar surface area (TPSA) is 66.5 Å². The van der Waals surface area contributed by atoms with Gasteiger partial charge in [0.2, 0.25) is 15.9 Å². The number of rotatable bonds is 7. The molecule has 0 radical (unpaired) electrons. The van der Waals surface area contributed by atoms with Crippen LogP contribution in [0.2, 0.25) is 0 Å². The van der Waals surface area contributed by atoms with Crippen molar-refractivity contribution < 1.29 is 13.2 Å². The number of anilines is 1. The van der Waals surface area contributed by atoms with Crippen molar-refractivity contribution in [1.29, 1.82) is 0 Å². The van der Waals surface area contributed by atoms with E-state index in [9.17, 15) is 13.2 Å². The maximum absolute atomic E-state index is 13.2. The van der Waals surface area contributed by atoms with Gasteiger partial charge in [-0.2, -0.15) is 0 Å². The first-order chi connectivity index (χ1) is 14.3.